The van der Waals surface area contributed by atoms with Crippen LogP contribution in [0.25, 0.3) is 0 Å². The van der Waals surface area contributed by atoms with Gasteiger partial charge in [-0.25, -0.2) is 0 Å². The number of ether oxygens (including phenoxy) is 1. The number of hydrogen-bond donors (Lipinski definition) is 1. The van der Waals surface area contributed by atoms with Gasteiger partial charge in [0, 0.05) is 4.88 Å². The molecule has 90 valence electrons. The molecule has 0 radical (unpaired) electrons. The van der Waals surface area contributed by atoms with Crippen LogP contribution in [0.1, 0.15) is 25.1 Å². The van der Waals surface area contributed by atoms with Crippen molar-refractivity contribution in [3.8, 4) is 0 Å². The van der Waals surface area contributed by atoms with Crippen molar-refractivity contribution in [2.45, 2.75) is 25.7 Å². The average Bonchev–Trinajstić information content (AvgIpc) is 2.59. The van der Waals surface area contributed by atoms with E-state index < -0.39 is 0 Å². The molecule has 2 rings (SSSR count). The van der Waals surface area contributed by atoms with Gasteiger partial charge < -0.3 is 10.5 Å². The van der Waals surface area contributed by atoms with E-state index >= 15 is 0 Å². The summed E-state index contributed by atoms with van der Waals surface area (Å²) in [5.41, 5.74) is 6.22. The van der Waals surface area contributed by atoms with Gasteiger partial charge in [0.2, 0.25) is 0 Å². The molecule has 2 nitrogen and oxygen atoms in total. The van der Waals surface area contributed by atoms with Crippen LogP contribution in [0.2, 0.25) is 0 Å². The van der Waals surface area contributed by atoms with E-state index in [2.05, 4.69) is 41.9 Å². The van der Waals surface area contributed by atoms with Crippen LogP contribution < -0.4 is 5.73 Å². The van der Waals surface area contributed by atoms with E-state index in [0.717, 1.165) is 26.2 Å². The molecule has 1 aromatic heterocycles. The van der Waals surface area contributed by atoms with Crippen molar-refractivity contribution in [3.63, 3.8) is 0 Å². The molecular weight excluding hydrogens is 286 g/mol. The Morgan fingerprint density at radius 3 is 2.56 bits per heavy atom. The summed E-state index contributed by atoms with van der Waals surface area (Å²) in [5.74, 6) is 0. The SMILES string of the molecule is CC(C)(CN)CC1(c2ccc(Br)s2)COC1. The molecule has 1 fully saturated rings. The minimum absolute atomic E-state index is 0.181. The zero-order chi connectivity index (χ0) is 11.8. The maximum Gasteiger partial charge on any atom is 0.0701 e. The summed E-state index contributed by atoms with van der Waals surface area (Å²) in [6.07, 6.45) is 1.10. The molecular formula is C12H18BrNOS. The van der Waals surface area contributed by atoms with Gasteiger partial charge in [-0.15, -0.1) is 11.3 Å². The fourth-order valence-corrected chi connectivity index (χ4v) is 3.81. The van der Waals surface area contributed by atoms with E-state index in [4.69, 9.17) is 10.5 Å². The van der Waals surface area contributed by atoms with E-state index in [0.29, 0.717) is 0 Å². The summed E-state index contributed by atoms with van der Waals surface area (Å²) < 4.78 is 6.64. The Kier molecular flexibility index (Phi) is 3.46. The van der Waals surface area contributed by atoms with Gasteiger partial charge in [-0.3, -0.25) is 0 Å². The quantitative estimate of drug-likeness (QED) is 0.927. The maximum absolute atomic E-state index is 5.83. The molecule has 0 aromatic carbocycles. The predicted molar refractivity (Wildman–Crippen MR) is 72.0 cm³/mol. The molecule has 1 aliphatic heterocycles. The largest absolute Gasteiger partial charge is 0.379 e. The van der Waals surface area contributed by atoms with Crippen LogP contribution in [0, 0.1) is 5.41 Å². The lowest BCUT2D eigenvalue weighted by molar-refractivity contribution is -0.0767. The van der Waals surface area contributed by atoms with Crippen molar-refractivity contribution >= 4 is 27.3 Å². The first-order valence-corrected chi connectivity index (χ1v) is 7.12. The molecule has 0 unspecified atom stereocenters. The molecule has 2 heterocycles. The molecule has 0 saturated carbocycles. The number of nitrogens with two attached hydrogens (primary N) is 1. The van der Waals surface area contributed by atoms with Gasteiger partial charge in [-0.1, -0.05) is 13.8 Å². The van der Waals surface area contributed by atoms with Crippen LogP contribution in [0.15, 0.2) is 15.9 Å². The van der Waals surface area contributed by atoms with Gasteiger partial charge in [0.15, 0.2) is 0 Å². The van der Waals surface area contributed by atoms with E-state index in [1.165, 1.54) is 8.66 Å². The highest BCUT2D eigenvalue weighted by molar-refractivity contribution is 9.11. The highest BCUT2D eigenvalue weighted by Gasteiger charge is 2.44. The normalized spacial score (nSPS) is 19.5. The smallest absolute Gasteiger partial charge is 0.0701 e. The minimum Gasteiger partial charge on any atom is -0.379 e. The second kappa shape index (κ2) is 4.41. The molecule has 0 atom stereocenters. The van der Waals surface area contributed by atoms with Crippen molar-refractivity contribution in [3.05, 3.63) is 20.8 Å². The summed E-state index contributed by atoms with van der Waals surface area (Å²) in [7, 11) is 0. The molecule has 1 saturated heterocycles. The van der Waals surface area contributed by atoms with Gasteiger partial charge in [0.1, 0.15) is 0 Å². The van der Waals surface area contributed by atoms with Gasteiger partial charge in [0.25, 0.3) is 0 Å². The van der Waals surface area contributed by atoms with E-state index in [9.17, 15) is 0 Å². The van der Waals surface area contributed by atoms with Crippen LogP contribution in [-0.2, 0) is 10.2 Å². The zero-order valence-corrected chi connectivity index (χ0v) is 12.2. The van der Waals surface area contributed by atoms with Crippen LogP contribution in [-0.4, -0.2) is 19.8 Å². The van der Waals surface area contributed by atoms with E-state index in [-0.39, 0.29) is 10.8 Å². The maximum atomic E-state index is 5.83. The van der Waals surface area contributed by atoms with Crippen molar-refractivity contribution in [2.75, 3.05) is 19.8 Å². The molecule has 16 heavy (non-hydrogen) atoms. The van der Waals surface area contributed by atoms with Crippen molar-refractivity contribution < 1.29 is 4.74 Å². The Morgan fingerprint density at radius 2 is 2.19 bits per heavy atom. The van der Waals surface area contributed by atoms with E-state index in [1.807, 2.05) is 11.3 Å². The fourth-order valence-electron chi connectivity index (χ4n) is 2.27. The Hall–Kier alpha value is 0.1000. The molecule has 1 aromatic rings. The van der Waals surface area contributed by atoms with Crippen molar-refractivity contribution in [1.82, 2.24) is 0 Å². The topological polar surface area (TPSA) is 35.2 Å². The van der Waals surface area contributed by atoms with Crippen molar-refractivity contribution in [1.29, 1.82) is 0 Å². The third kappa shape index (κ3) is 2.35. The molecule has 4 heteroatoms. The zero-order valence-electron chi connectivity index (χ0n) is 9.75. The Bertz CT molecular complexity index is 371. The summed E-state index contributed by atoms with van der Waals surface area (Å²) in [4.78, 5) is 1.42. The monoisotopic (exact) mass is 303 g/mol. The predicted octanol–water partition coefficient (Wildman–Crippen LogP) is 3.15. The van der Waals surface area contributed by atoms with Gasteiger partial charge in [-0.2, -0.15) is 0 Å². The Balaban J connectivity index is 2.20. The van der Waals surface area contributed by atoms with Crippen LogP contribution in [0.4, 0.5) is 0 Å². The van der Waals surface area contributed by atoms with Gasteiger partial charge in [0.05, 0.1) is 22.4 Å². The highest BCUT2D eigenvalue weighted by Crippen LogP contribution is 2.45. The first-order valence-electron chi connectivity index (χ1n) is 5.51. The fraction of sp³-hybridized carbons (Fsp3) is 0.667. The lowest BCUT2D eigenvalue weighted by atomic mass is 9.70. The summed E-state index contributed by atoms with van der Waals surface area (Å²) >= 11 is 5.35. The summed E-state index contributed by atoms with van der Waals surface area (Å²) in [5, 5.41) is 0. The van der Waals surface area contributed by atoms with Crippen LogP contribution in [0.3, 0.4) is 0 Å². The number of rotatable bonds is 4. The molecule has 1 aliphatic rings. The molecule has 0 spiro atoms. The number of thiophene rings is 1. The number of hydrogen-bond acceptors (Lipinski definition) is 3. The first-order chi connectivity index (χ1) is 7.47. The van der Waals surface area contributed by atoms with Gasteiger partial charge in [-0.05, 0) is 46.4 Å². The standard InChI is InChI=1S/C12H18BrNOS/c1-11(2,6-14)5-12(7-15-8-12)9-3-4-10(13)16-9/h3-4H,5-8,14H2,1-2H3. The second-order valence-corrected chi connectivity index (χ2v) is 7.89. The summed E-state index contributed by atoms with van der Waals surface area (Å²) in [6, 6.07) is 4.33. The average molecular weight is 304 g/mol. The first kappa shape index (κ1) is 12.6. The summed E-state index contributed by atoms with van der Waals surface area (Å²) in [6.45, 7) is 6.86. The Morgan fingerprint density at radius 1 is 1.50 bits per heavy atom. The second-order valence-electron chi connectivity index (χ2n) is 5.42. The lowest BCUT2D eigenvalue weighted by Gasteiger charge is -2.45. The number of halogens is 1. The minimum atomic E-state index is 0.181. The highest BCUT2D eigenvalue weighted by atomic mass is 79.9. The molecule has 0 amide bonds. The third-order valence-electron chi connectivity index (χ3n) is 3.22. The van der Waals surface area contributed by atoms with Gasteiger partial charge >= 0.3 is 0 Å². The van der Waals surface area contributed by atoms with E-state index in [1.54, 1.807) is 0 Å². The lowest BCUT2D eigenvalue weighted by Crippen LogP contribution is -2.50. The van der Waals surface area contributed by atoms with Crippen LogP contribution in [0.5, 0.6) is 0 Å². The van der Waals surface area contributed by atoms with Crippen LogP contribution >= 0.6 is 27.3 Å². The van der Waals surface area contributed by atoms with Crippen molar-refractivity contribution in [2.24, 2.45) is 11.1 Å². The molecule has 0 aliphatic carbocycles. The molecule has 2 N–H and O–H groups in total. The molecule has 0 bridgehead atoms. The Labute approximate surface area is 109 Å². The third-order valence-corrected chi connectivity index (χ3v) is 5.09.